The lowest BCUT2D eigenvalue weighted by Crippen LogP contribution is -2.54. The molecule has 0 spiro atoms. The van der Waals surface area contributed by atoms with Gasteiger partial charge >= 0.3 is 0 Å². The minimum Gasteiger partial charge on any atom is -0.356 e. The van der Waals surface area contributed by atoms with Gasteiger partial charge in [-0.2, -0.15) is 9.97 Å². The third-order valence-electron chi connectivity index (χ3n) is 14.3. The van der Waals surface area contributed by atoms with Crippen molar-refractivity contribution in [2.24, 2.45) is 34.0 Å². The predicted molar refractivity (Wildman–Crippen MR) is 195 cm³/mol. The number of carbonyl (C=O) groups is 2. The van der Waals surface area contributed by atoms with Gasteiger partial charge in [0.2, 0.25) is 5.95 Å². The first kappa shape index (κ1) is 33.8. The Hall–Kier alpha value is -2.71. The van der Waals surface area contributed by atoms with E-state index in [1.165, 1.54) is 36.8 Å². The van der Waals surface area contributed by atoms with Gasteiger partial charge in [0.1, 0.15) is 11.6 Å². The van der Waals surface area contributed by atoms with E-state index in [2.05, 4.69) is 65.5 Å². The van der Waals surface area contributed by atoms with Crippen molar-refractivity contribution in [2.75, 3.05) is 73.6 Å². The summed E-state index contributed by atoms with van der Waals surface area (Å²) in [6, 6.07) is 2.21. The highest BCUT2D eigenvalue weighted by Crippen LogP contribution is 2.69. The first-order valence-corrected chi connectivity index (χ1v) is 18.6. The zero-order valence-electron chi connectivity index (χ0n) is 29.5. The van der Waals surface area contributed by atoms with Gasteiger partial charge in [0, 0.05) is 69.3 Å². The first-order chi connectivity index (χ1) is 22.6. The number of ketones is 2. The third-order valence-corrected chi connectivity index (χ3v) is 14.3. The number of rotatable bonds is 6. The third kappa shape index (κ3) is 5.26. The molecule has 8 rings (SSSR count). The summed E-state index contributed by atoms with van der Waals surface area (Å²) in [5.74, 6) is 4.90. The fourth-order valence-corrected chi connectivity index (χ4v) is 10.9. The smallest absolute Gasteiger partial charge is 0.229 e. The molecule has 4 heterocycles. The summed E-state index contributed by atoms with van der Waals surface area (Å²) in [6.07, 6.45) is 17.3. The number of anilines is 3. The maximum atomic E-state index is 14.6. The fourth-order valence-electron chi connectivity index (χ4n) is 10.9. The number of fused-ring (bicyclic) bond motifs is 5. The highest BCUT2D eigenvalue weighted by molar-refractivity contribution is 6.01. The molecule has 7 aliphatic rings. The SMILES string of the molecule is C[C@@H]1C[C@H]2[C@@H]3CCC4=CC(=O)C=C[C@]4(C)C3=CC[C@]2(C)[C@@]1(C)C(=O)CN1CCN(c2cc(N3CCCC3)nc(N3CCCC3)n2)CC1.Cl. The summed E-state index contributed by atoms with van der Waals surface area (Å²) in [5, 5.41) is 0. The van der Waals surface area contributed by atoms with Gasteiger partial charge in [-0.05, 0) is 93.6 Å². The topological polar surface area (TPSA) is 72.9 Å². The molecule has 1 aromatic heterocycles. The van der Waals surface area contributed by atoms with Crippen LogP contribution in [0.3, 0.4) is 0 Å². The molecule has 0 bridgehead atoms. The zero-order valence-corrected chi connectivity index (χ0v) is 30.4. The highest BCUT2D eigenvalue weighted by Gasteiger charge is 2.65. The number of piperazine rings is 1. The van der Waals surface area contributed by atoms with Gasteiger partial charge in [-0.1, -0.05) is 44.1 Å². The molecule has 0 unspecified atom stereocenters. The van der Waals surface area contributed by atoms with Crippen molar-refractivity contribution in [1.82, 2.24) is 14.9 Å². The average Bonchev–Trinajstić information content (AvgIpc) is 3.85. The summed E-state index contributed by atoms with van der Waals surface area (Å²) in [6.45, 7) is 17.7. The number of carbonyl (C=O) groups excluding carboxylic acids is 2. The van der Waals surface area contributed by atoms with Crippen molar-refractivity contribution >= 4 is 41.6 Å². The van der Waals surface area contributed by atoms with Crippen LogP contribution in [0.1, 0.15) is 79.1 Å². The number of hydrogen-bond donors (Lipinski definition) is 0. The van der Waals surface area contributed by atoms with Crippen LogP contribution in [0.2, 0.25) is 0 Å². The second-order valence-corrected chi connectivity index (χ2v) is 16.4. The van der Waals surface area contributed by atoms with Crippen molar-refractivity contribution in [3.8, 4) is 0 Å². The van der Waals surface area contributed by atoms with E-state index < -0.39 is 0 Å². The maximum absolute atomic E-state index is 14.6. The van der Waals surface area contributed by atoms with Gasteiger partial charge < -0.3 is 14.7 Å². The minimum absolute atomic E-state index is 0. The first-order valence-electron chi connectivity index (χ1n) is 18.6. The Morgan fingerprint density at radius 1 is 0.896 bits per heavy atom. The minimum atomic E-state index is -0.353. The Bertz CT molecular complexity index is 1500. The zero-order chi connectivity index (χ0) is 32.6. The second kappa shape index (κ2) is 12.6. The van der Waals surface area contributed by atoms with Gasteiger partial charge in [0.15, 0.2) is 11.6 Å². The van der Waals surface area contributed by atoms with Gasteiger partial charge in [0.25, 0.3) is 0 Å². The van der Waals surface area contributed by atoms with E-state index >= 15 is 0 Å². The van der Waals surface area contributed by atoms with Crippen LogP contribution in [-0.2, 0) is 9.59 Å². The highest BCUT2D eigenvalue weighted by atomic mass is 35.5. The van der Waals surface area contributed by atoms with Crippen LogP contribution >= 0.6 is 12.4 Å². The Labute approximate surface area is 293 Å². The van der Waals surface area contributed by atoms with E-state index in [-0.39, 0.29) is 34.4 Å². The summed E-state index contributed by atoms with van der Waals surface area (Å²) in [5.41, 5.74) is 2.24. The normalized spacial score (nSPS) is 36.3. The quantitative estimate of drug-likeness (QED) is 0.327. The lowest BCUT2D eigenvalue weighted by atomic mass is 9.49. The van der Waals surface area contributed by atoms with Crippen molar-refractivity contribution < 1.29 is 9.59 Å². The molecule has 0 aromatic carbocycles. The molecular weight excluding hydrogens is 620 g/mol. The Morgan fingerprint density at radius 2 is 1.52 bits per heavy atom. The molecular formula is C39H55ClN6O2. The molecule has 3 saturated heterocycles. The average molecular weight is 675 g/mol. The lowest BCUT2D eigenvalue weighted by Gasteiger charge is -2.54. The fraction of sp³-hybridized carbons (Fsp3) is 0.692. The molecule has 5 fully saturated rings. The van der Waals surface area contributed by atoms with E-state index in [0.29, 0.717) is 30.1 Å². The van der Waals surface area contributed by atoms with Gasteiger partial charge in [-0.25, -0.2) is 0 Å². The van der Waals surface area contributed by atoms with Crippen molar-refractivity contribution in [1.29, 1.82) is 0 Å². The monoisotopic (exact) mass is 674 g/mol. The van der Waals surface area contributed by atoms with Gasteiger partial charge in [-0.3, -0.25) is 14.5 Å². The van der Waals surface area contributed by atoms with Gasteiger partial charge in [-0.15, -0.1) is 12.4 Å². The van der Waals surface area contributed by atoms with Crippen molar-refractivity contribution in [3.05, 3.63) is 41.5 Å². The summed E-state index contributed by atoms with van der Waals surface area (Å²) >= 11 is 0. The van der Waals surface area contributed by atoms with Crippen molar-refractivity contribution in [3.63, 3.8) is 0 Å². The van der Waals surface area contributed by atoms with E-state index in [9.17, 15) is 9.59 Å². The number of Topliss-reactive ketones (excluding diaryl/α,β-unsaturated/α-hetero) is 1. The lowest BCUT2D eigenvalue weighted by molar-refractivity contribution is -0.139. The molecule has 3 aliphatic heterocycles. The van der Waals surface area contributed by atoms with Crippen LogP contribution in [0.5, 0.6) is 0 Å². The molecule has 0 amide bonds. The molecule has 0 N–H and O–H groups in total. The molecule has 8 nitrogen and oxygen atoms in total. The Morgan fingerprint density at radius 3 is 2.19 bits per heavy atom. The Balaban J connectivity index is 0.00000364. The summed E-state index contributed by atoms with van der Waals surface area (Å²) < 4.78 is 0. The second-order valence-electron chi connectivity index (χ2n) is 16.4. The van der Waals surface area contributed by atoms with Crippen LogP contribution in [0.4, 0.5) is 17.6 Å². The van der Waals surface area contributed by atoms with Crippen LogP contribution in [0.15, 0.2) is 41.5 Å². The maximum Gasteiger partial charge on any atom is 0.229 e. The molecule has 0 radical (unpaired) electrons. The van der Waals surface area contributed by atoms with E-state index in [4.69, 9.17) is 9.97 Å². The number of aromatic nitrogens is 2. The molecule has 260 valence electrons. The Kier molecular flexibility index (Phi) is 8.84. The number of hydrogen-bond acceptors (Lipinski definition) is 8. The molecule has 48 heavy (non-hydrogen) atoms. The van der Waals surface area contributed by atoms with Crippen LogP contribution < -0.4 is 14.7 Å². The molecule has 2 saturated carbocycles. The molecule has 9 heteroatoms. The van der Waals surface area contributed by atoms with Gasteiger partial charge in [0.05, 0.1) is 6.54 Å². The summed E-state index contributed by atoms with van der Waals surface area (Å²) in [7, 11) is 0. The van der Waals surface area contributed by atoms with Crippen LogP contribution in [-0.4, -0.2) is 85.3 Å². The standard InChI is InChI=1S/C39H54N6O2.ClH/c1-27-23-32-30-10-9-28-24-29(46)11-13-37(28,2)31(30)12-14-38(32,3)39(27,4)33(47)26-42-19-21-44(22-20-42)35-25-34(43-15-5-6-16-43)40-36(41-35)45-17-7-8-18-45;/h11-13,24-25,27,30,32H,5-10,14-23,26H2,1-4H3;1H/t27-,30-,32+,37+,38+,39-;/m1./s1. The molecule has 6 atom stereocenters. The van der Waals surface area contributed by atoms with Crippen LogP contribution in [0.25, 0.3) is 0 Å². The number of nitrogens with zero attached hydrogens (tertiary/aromatic N) is 6. The largest absolute Gasteiger partial charge is 0.356 e. The van der Waals surface area contributed by atoms with Crippen molar-refractivity contribution in [2.45, 2.75) is 79.1 Å². The van der Waals surface area contributed by atoms with E-state index in [1.54, 1.807) is 6.08 Å². The number of halogens is 1. The number of allylic oxidation sites excluding steroid dienone is 6. The van der Waals surface area contributed by atoms with E-state index in [1.807, 2.05) is 6.08 Å². The molecule has 4 aliphatic carbocycles. The van der Waals surface area contributed by atoms with Crippen LogP contribution in [0, 0.1) is 34.0 Å². The predicted octanol–water partition coefficient (Wildman–Crippen LogP) is 6.27. The molecule has 1 aromatic rings. The summed E-state index contributed by atoms with van der Waals surface area (Å²) in [4.78, 5) is 46.5. The van der Waals surface area contributed by atoms with E-state index in [0.717, 1.165) is 95.6 Å².